The van der Waals surface area contributed by atoms with Gasteiger partial charge in [-0.25, -0.2) is 0 Å². The van der Waals surface area contributed by atoms with Gasteiger partial charge in [0.25, 0.3) is 0 Å². The maximum absolute atomic E-state index is 6.56. The summed E-state index contributed by atoms with van der Waals surface area (Å²) in [6, 6.07) is 25.6. The van der Waals surface area contributed by atoms with Gasteiger partial charge in [0.15, 0.2) is 10.9 Å². The fourth-order valence-corrected chi connectivity index (χ4v) is 4.13. The summed E-state index contributed by atoms with van der Waals surface area (Å²) in [6.45, 7) is 1.84. The first kappa shape index (κ1) is 21.1. The molecule has 0 spiro atoms. The second-order valence-corrected chi connectivity index (χ2v) is 8.30. The molecule has 33 heavy (non-hydrogen) atoms. The molecule has 2 heterocycles. The molecule has 0 fully saturated rings. The Kier molecular flexibility index (Phi) is 5.77. The van der Waals surface area contributed by atoms with E-state index in [1.54, 1.807) is 6.20 Å². The quantitative estimate of drug-likeness (QED) is 0.268. The molecule has 162 valence electrons. The van der Waals surface area contributed by atoms with Crippen molar-refractivity contribution in [2.75, 3.05) is 10.6 Å². The highest BCUT2D eigenvalue weighted by Crippen LogP contribution is 2.34. The van der Waals surface area contributed by atoms with Crippen molar-refractivity contribution in [1.29, 1.82) is 0 Å². The van der Waals surface area contributed by atoms with Gasteiger partial charge in [0.05, 0.1) is 10.7 Å². The number of rotatable bonds is 4. The molecule has 0 saturated carbocycles. The monoisotopic (exact) mass is 470 g/mol. The number of hydrogen-bond acceptors (Lipinski definition) is 4. The molecule has 0 radical (unpaired) electrons. The Bertz CT molecular complexity index is 1460. The second kappa shape index (κ2) is 9.02. The van der Waals surface area contributed by atoms with E-state index in [-0.39, 0.29) is 0 Å². The minimum atomic E-state index is 0.414. The van der Waals surface area contributed by atoms with Crippen LogP contribution in [0.3, 0.4) is 0 Å². The van der Waals surface area contributed by atoms with Crippen molar-refractivity contribution in [3.63, 3.8) is 0 Å². The zero-order valence-electron chi connectivity index (χ0n) is 17.7. The number of nitrogens with zero attached hydrogens (tertiary/aromatic N) is 2. The number of halogens is 1. The number of thiocarbonyl (C=S) groups is 1. The molecule has 0 saturated heterocycles. The zero-order chi connectivity index (χ0) is 22.8. The summed E-state index contributed by atoms with van der Waals surface area (Å²) in [5.41, 5.74) is 4.80. The number of fused-ring (bicyclic) bond motifs is 1. The molecular formula is C26H19ClN4OS. The fourth-order valence-electron chi connectivity index (χ4n) is 3.71. The number of pyridine rings is 1. The number of aryl methyl sites for hydroxylation is 1. The minimum Gasteiger partial charge on any atom is -0.359 e. The second-order valence-electron chi connectivity index (χ2n) is 7.48. The van der Waals surface area contributed by atoms with Gasteiger partial charge in [-0.1, -0.05) is 71.4 Å². The highest BCUT2D eigenvalue weighted by atomic mass is 35.5. The topological polar surface area (TPSA) is 63.0 Å². The standard InChI is InChI=1S/C26H19ClN4OS/c1-16-23(24(31-32-16)18-8-3-2-4-9-18)30-26(33)29-19-11-12-22(27)21(15-19)25-20-10-6-5-7-17(20)13-14-28-25/h2-15H,1H3,(H2,29,30,33). The van der Waals surface area contributed by atoms with E-state index in [2.05, 4.69) is 26.8 Å². The van der Waals surface area contributed by atoms with E-state index >= 15 is 0 Å². The van der Waals surface area contributed by atoms with Crippen LogP contribution in [0.2, 0.25) is 5.02 Å². The average molecular weight is 471 g/mol. The smallest absolute Gasteiger partial charge is 0.175 e. The van der Waals surface area contributed by atoms with Gasteiger partial charge in [0, 0.05) is 28.4 Å². The Hall–Kier alpha value is -3.74. The molecule has 2 N–H and O–H groups in total. The maximum Gasteiger partial charge on any atom is 0.175 e. The van der Waals surface area contributed by atoms with Crippen LogP contribution in [-0.4, -0.2) is 15.3 Å². The molecule has 0 bridgehead atoms. The molecule has 5 aromatic rings. The van der Waals surface area contributed by atoms with Gasteiger partial charge < -0.3 is 15.2 Å². The Labute approximate surface area is 201 Å². The lowest BCUT2D eigenvalue weighted by atomic mass is 10.0. The Balaban J connectivity index is 1.43. The number of benzene rings is 3. The largest absolute Gasteiger partial charge is 0.359 e. The van der Waals surface area contributed by atoms with Crippen molar-refractivity contribution in [1.82, 2.24) is 10.1 Å². The summed E-state index contributed by atoms with van der Waals surface area (Å²) in [5.74, 6) is 0.648. The Morgan fingerprint density at radius 3 is 2.55 bits per heavy atom. The van der Waals surface area contributed by atoms with Crippen molar-refractivity contribution in [2.45, 2.75) is 6.92 Å². The van der Waals surface area contributed by atoms with Gasteiger partial charge in [0.1, 0.15) is 11.4 Å². The van der Waals surface area contributed by atoms with E-state index < -0.39 is 0 Å². The van der Waals surface area contributed by atoms with Gasteiger partial charge >= 0.3 is 0 Å². The van der Waals surface area contributed by atoms with Gasteiger partial charge in [0.2, 0.25) is 0 Å². The van der Waals surface area contributed by atoms with Crippen LogP contribution in [0.5, 0.6) is 0 Å². The van der Waals surface area contributed by atoms with E-state index in [1.165, 1.54) is 0 Å². The summed E-state index contributed by atoms with van der Waals surface area (Å²) in [4.78, 5) is 4.59. The lowest BCUT2D eigenvalue weighted by Crippen LogP contribution is -2.19. The highest BCUT2D eigenvalue weighted by Gasteiger charge is 2.16. The molecule has 0 aliphatic rings. The van der Waals surface area contributed by atoms with Crippen LogP contribution in [0.25, 0.3) is 33.3 Å². The fraction of sp³-hybridized carbons (Fsp3) is 0.0385. The van der Waals surface area contributed by atoms with Crippen LogP contribution in [-0.2, 0) is 0 Å². The van der Waals surface area contributed by atoms with Gasteiger partial charge in [-0.2, -0.15) is 0 Å². The average Bonchev–Trinajstić information content (AvgIpc) is 3.20. The van der Waals surface area contributed by atoms with Crippen molar-refractivity contribution >= 4 is 51.1 Å². The first-order chi connectivity index (χ1) is 16.1. The van der Waals surface area contributed by atoms with Crippen molar-refractivity contribution in [3.05, 3.63) is 95.8 Å². The predicted molar refractivity (Wildman–Crippen MR) is 139 cm³/mol. The third-order valence-corrected chi connectivity index (χ3v) is 5.84. The molecule has 5 nitrogen and oxygen atoms in total. The molecule has 0 amide bonds. The van der Waals surface area contributed by atoms with Crippen molar-refractivity contribution in [3.8, 4) is 22.5 Å². The SMILES string of the molecule is Cc1onc(-c2ccccc2)c1NC(=S)Nc1ccc(Cl)c(-c2nccc3ccccc23)c1. The number of hydrogen-bond donors (Lipinski definition) is 2. The van der Waals surface area contributed by atoms with Gasteiger partial charge in [-0.3, -0.25) is 4.98 Å². The maximum atomic E-state index is 6.56. The Morgan fingerprint density at radius 2 is 1.70 bits per heavy atom. The molecule has 0 aliphatic carbocycles. The van der Waals surface area contributed by atoms with Gasteiger partial charge in [-0.05, 0) is 48.8 Å². The van der Waals surface area contributed by atoms with E-state index in [4.69, 9.17) is 28.3 Å². The van der Waals surface area contributed by atoms with Crippen LogP contribution in [0.15, 0.2) is 89.6 Å². The van der Waals surface area contributed by atoms with Crippen LogP contribution in [0.4, 0.5) is 11.4 Å². The predicted octanol–water partition coefficient (Wildman–Crippen LogP) is 7.33. The third-order valence-electron chi connectivity index (χ3n) is 5.30. The lowest BCUT2D eigenvalue weighted by Gasteiger charge is -2.13. The number of aromatic nitrogens is 2. The summed E-state index contributed by atoms with van der Waals surface area (Å²) in [7, 11) is 0. The number of anilines is 2. The van der Waals surface area contributed by atoms with E-state index in [0.717, 1.165) is 39.0 Å². The van der Waals surface area contributed by atoms with Crippen molar-refractivity contribution < 1.29 is 4.52 Å². The van der Waals surface area contributed by atoms with Crippen LogP contribution in [0.1, 0.15) is 5.76 Å². The Morgan fingerprint density at radius 1 is 0.909 bits per heavy atom. The molecule has 5 rings (SSSR count). The normalized spacial score (nSPS) is 10.8. The molecule has 0 atom stereocenters. The lowest BCUT2D eigenvalue weighted by molar-refractivity contribution is 0.400. The summed E-state index contributed by atoms with van der Waals surface area (Å²) >= 11 is 12.1. The van der Waals surface area contributed by atoms with E-state index in [1.807, 2.05) is 79.7 Å². The van der Waals surface area contributed by atoms with E-state index in [0.29, 0.717) is 21.6 Å². The van der Waals surface area contributed by atoms with Crippen LogP contribution >= 0.6 is 23.8 Å². The summed E-state index contributed by atoms with van der Waals surface area (Å²) in [6.07, 6.45) is 1.79. The summed E-state index contributed by atoms with van der Waals surface area (Å²) in [5, 5.41) is 13.8. The number of nitrogens with one attached hydrogen (secondary N) is 2. The summed E-state index contributed by atoms with van der Waals surface area (Å²) < 4.78 is 5.41. The highest BCUT2D eigenvalue weighted by molar-refractivity contribution is 7.80. The first-order valence-corrected chi connectivity index (χ1v) is 11.1. The van der Waals surface area contributed by atoms with Crippen LogP contribution < -0.4 is 10.6 Å². The molecule has 7 heteroatoms. The van der Waals surface area contributed by atoms with E-state index in [9.17, 15) is 0 Å². The third kappa shape index (κ3) is 4.31. The van der Waals surface area contributed by atoms with Crippen molar-refractivity contribution in [2.24, 2.45) is 0 Å². The van der Waals surface area contributed by atoms with Gasteiger partial charge in [-0.15, -0.1) is 0 Å². The minimum absolute atomic E-state index is 0.414. The zero-order valence-corrected chi connectivity index (χ0v) is 19.2. The molecule has 2 aromatic heterocycles. The molecule has 3 aromatic carbocycles. The van der Waals surface area contributed by atoms with Crippen LogP contribution in [0, 0.1) is 6.92 Å². The molecule has 0 aliphatic heterocycles. The molecule has 0 unspecified atom stereocenters. The molecular weight excluding hydrogens is 452 g/mol. The first-order valence-electron chi connectivity index (χ1n) is 10.3.